The number of aryl methyl sites for hydroxylation is 1. The maximum absolute atomic E-state index is 12.2. The molecule has 0 spiro atoms. The summed E-state index contributed by atoms with van der Waals surface area (Å²) in [6.07, 6.45) is 0.806. The molecule has 1 fully saturated rings. The quantitative estimate of drug-likeness (QED) is 0.873. The standard InChI is InChI=1S/C15H23N3O/c1-11-6-4-5-7-12(11)13-10-18(14(19)17-13)15(2,3)8-9-16/h4-7,13H,8-10,16H2,1-3H3,(H,17,19). The summed E-state index contributed by atoms with van der Waals surface area (Å²) in [5, 5.41) is 3.07. The zero-order chi connectivity index (χ0) is 14.0. The van der Waals surface area contributed by atoms with E-state index < -0.39 is 0 Å². The van der Waals surface area contributed by atoms with Gasteiger partial charge in [-0.25, -0.2) is 4.79 Å². The summed E-state index contributed by atoms with van der Waals surface area (Å²) < 4.78 is 0. The molecule has 1 atom stereocenters. The van der Waals surface area contributed by atoms with Gasteiger partial charge in [-0.05, 0) is 44.9 Å². The number of hydrogen-bond acceptors (Lipinski definition) is 2. The number of nitrogens with one attached hydrogen (secondary N) is 1. The maximum Gasteiger partial charge on any atom is 0.318 e. The second-order valence-corrected chi connectivity index (χ2v) is 5.82. The van der Waals surface area contributed by atoms with Crippen LogP contribution >= 0.6 is 0 Å². The van der Waals surface area contributed by atoms with E-state index in [0.717, 1.165) is 6.42 Å². The number of nitrogens with two attached hydrogens (primary N) is 1. The minimum Gasteiger partial charge on any atom is -0.330 e. The van der Waals surface area contributed by atoms with E-state index in [9.17, 15) is 4.79 Å². The summed E-state index contributed by atoms with van der Waals surface area (Å²) in [5.74, 6) is 0. The molecule has 0 aliphatic carbocycles. The lowest BCUT2D eigenvalue weighted by molar-refractivity contribution is 0.153. The topological polar surface area (TPSA) is 58.4 Å². The summed E-state index contributed by atoms with van der Waals surface area (Å²) in [7, 11) is 0. The molecular formula is C15H23N3O. The molecule has 1 heterocycles. The second kappa shape index (κ2) is 5.21. The minimum atomic E-state index is -0.198. The van der Waals surface area contributed by atoms with Crippen molar-refractivity contribution in [3.63, 3.8) is 0 Å². The van der Waals surface area contributed by atoms with E-state index in [1.807, 2.05) is 17.0 Å². The Morgan fingerprint density at radius 1 is 1.42 bits per heavy atom. The Bertz CT molecular complexity index is 470. The van der Waals surface area contributed by atoms with Crippen molar-refractivity contribution < 1.29 is 4.79 Å². The summed E-state index contributed by atoms with van der Waals surface area (Å²) in [6.45, 7) is 7.51. The molecule has 0 radical (unpaired) electrons. The molecule has 1 aromatic rings. The van der Waals surface area contributed by atoms with Crippen molar-refractivity contribution in [2.45, 2.75) is 38.8 Å². The highest BCUT2D eigenvalue weighted by Crippen LogP contribution is 2.29. The highest BCUT2D eigenvalue weighted by atomic mass is 16.2. The molecule has 2 amide bonds. The van der Waals surface area contributed by atoms with Gasteiger partial charge >= 0.3 is 6.03 Å². The first kappa shape index (κ1) is 13.9. The van der Waals surface area contributed by atoms with E-state index in [1.165, 1.54) is 11.1 Å². The summed E-state index contributed by atoms with van der Waals surface area (Å²) >= 11 is 0. The van der Waals surface area contributed by atoms with Crippen molar-refractivity contribution in [1.82, 2.24) is 10.2 Å². The Morgan fingerprint density at radius 3 is 2.74 bits per heavy atom. The number of rotatable bonds is 4. The normalized spacial score (nSPS) is 19.7. The minimum absolute atomic E-state index is 0.00621. The van der Waals surface area contributed by atoms with Gasteiger partial charge in [0.1, 0.15) is 0 Å². The highest BCUT2D eigenvalue weighted by molar-refractivity contribution is 5.78. The summed E-state index contributed by atoms with van der Waals surface area (Å²) in [4.78, 5) is 14.1. The van der Waals surface area contributed by atoms with Gasteiger partial charge in [0.25, 0.3) is 0 Å². The van der Waals surface area contributed by atoms with Crippen LogP contribution in [0.2, 0.25) is 0 Å². The third-order valence-electron chi connectivity index (χ3n) is 3.96. The van der Waals surface area contributed by atoms with Crippen LogP contribution in [0.1, 0.15) is 37.4 Å². The van der Waals surface area contributed by atoms with Gasteiger partial charge < -0.3 is 16.0 Å². The van der Waals surface area contributed by atoms with Crippen molar-refractivity contribution in [3.8, 4) is 0 Å². The average molecular weight is 261 g/mol. The lowest BCUT2D eigenvalue weighted by Crippen LogP contribution is -2.46. The largest absolute Gasteiger partial charge is 0.330 e. The Labute approximate surface area is 115 Å². The highest BCUT2D eigenvalue weighted by Gasteiger charge is 2.38. The van der Waals surface area contributed by atoms with E-state index in [2.05, 4.69) is 38.2 Å². The molecule has 3 N–H and O–H groups in total. The van der Waals surface area contributed by atoms with Crippen LogP contribution in [-0.4, -0.2) is 29.6 Å². The van der Waals surface area contributed by atoms with Crippen LogP contribution in [0.15, 0.2) is 24.3 Å². The molecule has 1 unspecified atom stereocenters. The molecule has 4 nitrogen and oxygen atoms in total. The third-order valence-corrected chi connectivity index (χ3v) is 3.96. The van der Waals surface area contributed by atoms with Crippen molar-refractivity contribution in [1.29, 1.82) is 0 Å². The molecule has 1 aliphatic rings. The lowest BCUT2D eigenvalue weighted by Gasteiger charge is -2.34. The Hall–Kier alpha value is -1.55. The van der Waals surface area contributed by atoms with E-state index in [0.29, 0.717) is 13.1 Å². The Kier molecular flexibility index (Phi) is 3.80. The van der Waals surface area contributed by atoms with E-state index in [4.69, 9.17) is 5.73 Å². The molecule has 104 valence electrons. The smallest absolute Gasteiger partial charge is 0.318 e. The monoisotopic (exact) mass is 261 g/mol. The van der Waals surface area contributed by atoms with Gasteiger partial charge in [0.2, 0.25) is 0 Å². The Morgan fingerprint density at radius 2 is 2.11 bits per heavy atom. The van der Waals surface area contributed by atoms with Crippen LogP contribution in [0.4, 0.5) is 4.79 Å². The van der Waals surface area contributed by atoms with Gasteiger partial charge in [-0.15, -0.1) is 0 Å². The molecule has 4 heteroatoms. The van der Waals surface area contributed by atoms with Crippen molar-refractivity contribution >= 4 is 6.03 Å². The maximum atomic E-state index is 12.2. The average Bonchev–Trinajstić information content (AvgIpc) is 2.72. The number of carbonyl (C=O) groups excluding carboxylic acids is 1. The molecule has 1 aliphatic heterocycles. The van der Waals surface area contributed by atoms with Crippen molar-refractivity contribution in [2.24, 2.45) is 5.73 Å². The summed E-state index contributed by atoms with van der Waals surface area (Å²) in [5.41, 5.74) is 7.85. The van der Waals surface area contributed by atoms with E-state index in [1.54, 1.807) is 0 Å². The van der Waals surface area contributed by atoms with Crippen molar-refractivity contribution in [2.75, 3.05) is 13.1 Å². The van der Waals surface area contributed by atoms with Gasteiger partial charge in [0.15, 0.2) is 0 Å². The van der Waals surface area contributed by atoms with Crippen LogP contribution in [0.3, 0.4) is 0 Å². The molecule has 0 saturated carbocycles. The van der Waals surface area contributed by atoms with Crippen LogP contribution in [0, 0.1) is 6.92 Å². The lowest BCUT2D eigenvalue weighted by atomic mass is 9.97. The fourth-order valence-corrected chi connectivity index (χ4v) is 2.70. The van der Waals surface area contributed by atoms with Gasteiger partial charge in [0.05, 0.1) is 6.04 Å². The molecule has 19 heavy (non-hydrogen) atoms. The van der Waals surface area contributed by atoms with Gasteiger partial charge in [-0.1, -0.05) is 24.3 Å². The second-order valence-electron chi connectivity index (χ2n) is 5.82. The first-order chi connectivity index (χ1) is 8.95. The van der Waals surface area contributed by atoms with Gasteiger partial charge in [-0.2, -0.15) is 0 Å². The van der Waals surface area contributed by atoms with Gasteiger partial charge in [0, 0.05) is 12.1 Å². The summed E-state index contributed by atoms with van der Waals surface area (Å²) in [6, 6.07) is 8.28. The van der Waals surface area contributed by atoms with Crippen LogP contribution in [0.5, 0.6) is 0 Å². The van der Waals surface area contributed by atoms with E-state index >= 15 is 0 Å². The SMILES string of the molecule is Cc1ccccc1C1CN(C(C)(C)CCN)C(=O)N1. The molecule has 0 aromatic heterocycles. The zero-order valence-electron chi connectivity index (χ0n) is 11.9. The third kappa shape index (κ3) is 2.73. The number of amides is 2. The number of carbonyl (C=O) groups is 1. The molecule has 1 aromatic carbocycles. The number of nitrogens with zero attached hydrogens (tertiary/aromatic N) is 1. The fraction of sp³-hybridized carbons (Fsp3) is 0.533. The number of hydrogen-bond donors (Lipinski definition) is 2. The predicted octanol–water partition coefficient (Wildman–Crippen LogP) is 2.19. The number of benzene rings is 1. The first-order valence-corrected chi connectivity index (χ1v) is 6.79. The number of urea groups is 1. The molecule has 2 rings (SSSR count). The molecular weight excluding hydrogens is 238 g/mol. The van der Waals surface area contributed by atoms with Crippen LogP contribution in [-0.2, 0) is 0 Å². The fourth-order valence-electron chi connectivity index (χ4n) is 2.70. The first-order valence-electron chi connectivity index (χ1n) is 6.79. The molecule has 1 saturated heterocycles. The zero-order valence-corrected chi connectivity index (χ0v) is 11.9. The van der Waals surface area contributed by atoms with Crippen LogP contribution < -0.4 is 11.1 Å². The predicted molar refractivity (Wildman–Crippen MR) is 76.9 cm³/mol. The van der Waals surface area contributed by atoms with Crippen LogP contribution in [0.25, 0.3) is 0 Å². The van der Waals surface area contributed by atoms with E-state index in [-0.39, 0.29) is 17.6 Å². The Balaban J connectivity index is 2.18. The molecule has 0 bridgehead atoms. The van der Waals surface area contributed by atoms with Crippen molar-refractivity contribution in [3.05, 3.63) is 35.4 Å². The van der Waals surface area contributed by atoms with Gasteiger partial charge in [-0.3, -0.25) is 0 Å².